The van der Waals surface area contributed by atoms with Gasteiger partial charge in [-0.2, -0.15) is 0 Å². The second-order valence-corrected chi connectivity index (χ2v) is 4.41. The second-order valence-electron chi connectivity index (χ2n) is 3.00. The fraction of sp³-hybridized carbons (Fsp3) is 0.714. The molecule has 0 spiro atoms. The summed E-state index contributed by atoms with van der Waals surface area (Å²) in [7, 11) is -1.39. The van der Waals surface area contributed by atoms with Crippen molar-refractivity contribution < 1.29 is 8.22 Å². The van der Waals surface area contributed by atoms with E-state index in [9.17, 15) is 8.22 Å². The van der Waals surface area contributed by atoms with Gasteiger partial charge in [-0.05, 0) is 19.9 Å². The van der Waals surface area contributed by atoms with Crippen molar-refractivity contribution in [3.8, 4) is 0 Å². The first kappa shape index (κ1) is 9.66. The Balaban J connectivity index is 2.67. The Morgan fingerprint density at radius 1 is 1.58 bits per heavy atom. The van der Waals surface area contributed by atoms with Gasteiger partial charge >= 0.3 is 9.46 Å². The predicted octanol–water partition coefficient (Wildman–Crippen LogP) is 1.41. The van der Waals surface area contributed by atoms with Crippen LogP contribution >= 0.6 is 0 Å². The molecule has 0 saturated heterocycles. The van der Waals surface area contributed by atoms with E-state index in [2.05, 4.69) is 0 Å². The number of nitrogens with zero attached hydrogens (tertiary/aromatic N) is 2. The van der Waals surface area contributed by atoms with Gasteiger partial charge in [0.15, 0.2) is 0 Å². The van der Waals surface area contributed by atoms with Gasteiger partial charge in [0.25, 0.3) is 0 Å². The molecule has 69 valence electrons. The minimum atomic E-state index is -3.22. The molecule has 0 aromatic carbocycles. The average Bonchev–Trinajstić information content (AvgIpc) is 2.30. The molecule has 1 atom stereocenters. The zero-order valence-corrected chi connectivity index (χ0v) is 8.51. The highest BCUT2D eigenvalue weighted by atomic mass is 28.4. The molecule has 2 nitrogen and oxygen atoms in total. The molecule has 1 aliphatic heterocycles. The van der Waals surface area contributed by atoms with E-state index in [4.69, 9.17) is 0 Å². The maximum absolute atomic E-state index is 12.4. The SMILES string of the molecule is CC1=CCN(C)N1C(C)[Si](F)F. The number of rotatable bonds is 2. The summed E-state index contributed by atoms with van der Waals surface area (Å²) >= 11 is 0. The lowest BCUT2D eigenvalue weighted by Gasteiger charge is -2.32. The van der Waals surface area contributed by atoms with E-state index in [1.807, 2.05) is 25.1 Å². The number of halogens is 2. The van der Waals surface area contributed by atoms with Gasteiger partial charge in [0.1, 0.15) is 0 Å². The summed E-state index contributed by atoms with van der Waals surface area (Å²) in [5.41, 5.74) is 0.307. The van der Waals surface area contributed by atoms with Crippen LogP contribution in [0.3, 0.4) is 0 Å². The van der Waals surface area contributed by atoms with Gasteiger partial charge in [-0.25, -0.2) is 5.01 Å². The number of allylic oxidation sites excluding steroid dienone is 1. The van der Waals surface area contributed by atoms with Crippen molar-refractivity contribution in [2.24, 2.45) is 0 Å². The molecule has 0 saturated carbocycles. The van der Waals surface area contributed by atoms with Gasteiger partial charge < -0.3 is 5.01 Å². The van der Waals surface area contributed by atoms with Crippen molar-refractivity contribution in [3.63, 3.8) is 0 Å². The lowest BCUT2D eigenvalue weighted by molar-refractivity contribution is 0.0533. The minimum Gasteiger partial charge on any atom is -0.305 e. The maximum atomic E-state index is 12.4. The summed E-state index contributed by atoms with van der Waals surface area (Å²) in [4.78, 5) is 0. The van der Waals surface area contributed by atoms with Crippen molar-refractivity contribution in [1.29, 1.82) is 0 Å². The third kappa shape index (κ3) is 1.66. The molecular weight excluding hydrogens is 178 g/mol. The van der Waals surface area contributed by atoms with E-state index in [0.717, 1.165) is 12.2 Å². The molecule has 12 heavy (non-hydrogen) atoms. The molecule has 0 aromatic heterocycles. The molecular formula is C7H13F2N2Si. The fourth-order valence-electron chi connectivity index (χ4n) is 1.41. The maximum Gasteiger partial charge on any atom is 0.501 e. The first-order valence-electron chi connectivity index (χ1n) is 3.89. The molecule has 0 amide bonds. The van der Waals surface area contributed by atoms with Crippen LogP contribution in [0.4, 0.5) is 8.22 Å². The first-order chi connectivity index (χ1) is 5.54. The molecule has 1 rings (SSSR count). The normalized spacial score (nSPS) is 21.8. The van der Waals surface area contributed by atoms with Crippen LogP contribution in [0.15, 0.2) is 11.8 Å². The van der Waals surface area contributed by atoms with Crippen molar-refractivity contribution in [3.05, 3.63) is 11.8 Å². The van der Waals surface area contributed by atoms with E-state index in [-0.39, 0.29) is 0 Å². The minimum absolute atomic E-state index is 0.626. The van der Waals surface area contributed by atoms with Crippen molar-refractivity contribution in [2.75, 3.05) is 13.6 Å². The molecule has 0 N–H and O–H groups in total. The summed E-state index contributed by atoms with van der Waals surface area (Å²) in [5.74, 6) is 0. The molecule has 5 heteroatoms. The zero-order chi connectivity index (χ0) is 9.30. The van der Waals surface area contributed by atoms with Gasteiger partial charge in [-0.3, -0.25) is 8.22 Å². The molecule has 0 fully saturated rings. The Labute approximate surface area is 73.4 Å². The van der Waals surface area contributed by atoms with Gasteiger partial charge in [-0.1, -0.05) is 0 Å². The van der Waals surface area contributed by atoms with Crippen LogP contribution in [0.2, 0.25) is 0 Å². The van der Waals surface area contributed by atoms with Gasteiger partial charge in [0.2, 0.25) is 0 Å². The molecule has 1 heterocycles. The largest absolute Gasteiger partial charge is 0.501 e. The molecule has 1 radical (unpaired) electrons. The number of hydrogen-bond donors (Lipinski definition) is 0. The lowest BCUT2D eigenvalue weighted by atomic mass is 10.4. The second kappa shape index (κ2) is 3.53. The van der Waals surface area contributed by atoms with E-state index < -0.39 is 15.1 Å². The molecule has 1 aliphatic rings. The average molecular weight is 191 g/mol. The molecule has 0 aromatic rings. The Morgan fingerprint density at radius 2 is 2.17 bits per heavy atom. The Hall–Kier alpha value is -0.423. The van der Waals surface area contributed by atoms with Crippen LogP contribution in [0.25, 0.3) is 0 Å². The monoisotopic (exact) mass is 191 g/mol. The lowest BCUT2D eigenvalue weighted by Crippen LogP contribution is -2.45. The van der Waals surface area contributed by atoms with Crippen LogP contribution in [0, 0.1) is 0 Å². The summed E-state index contributed by atoms with van der Waals surface area (Å²) in [6.45, 7) is 4.18. The Morgan fingerprint density at radius 3 is 2.50 bits per heavy atom. The highest BCUT2D eigenvalue weighted by Gasteiger charge is 2.32. The first-order valence-corrected chi connectivity index (χ1v) is 5.22. The molecule has 0 bridgehead atoms. The van der Waals surface area contributed by atoms with Gasteiger partial charge in [-0.15, -0.1) is 0 Å². The third-order valence-electron chi connectivity index (χ3n) is 2.06. The number of hydrazine groups is 1. The van der Waals surface area contributed by atoms with E-state index in [0.29, 0.717) is 0 Å². The number of likely N-dealkylation sites (N-methyl/N-ethyl adjacent to an activating group) is 1. The van der Waals surface area contributed by atoms with E-state index >= 15 is 0 Å². The molecule has 0 aliphatic carbocycles. The number of hydrogen-bond acceptors (Lipinski definition) is 2. The van der Waals surface area contributed by atoms with Crippen LogP contribution in [-0.4, -0.2) is 38.7 Å². The van der Waals surface area contributed by atoms with Crippen LogP contribution < -0.4 is 0 Å². The van der Waals surface area contributed by atoms with Crippen molar-refractivity contribution in [1.82, 2.24) is 10.0 Å². The summed E-state index contributed by atoms with van der Waals surface area (Å²) in [6.07, 6.45) is 1.96. The highest BCUT2D eigenvalue weighted by molar-refractivity contribution is 6.44. The summed E-state index contributed by atoms with van der Waals surface area (Å²) in [5, 5.41) is 3.50. The molecule has 1 unspecified atom stereocenters. The van der Waals surface area contributed by atoms with Gasteiger partial charge in [0.05, 0.1) is 5.67 Å². The standard InChI is InChI=1S/C7H13F2N2Si/c1-6-4-5-10(3)11(6)7(2)12(8)9/h4,7H,5H2,1-3H3. The Bertz CT molecular complexity index is 196. The van der Waals surface area contributed by atoms with Crippen molar-refractivity contribution >= 4 is 9.46 Å². The summed E-state index contributed by atoms with van der Waals surface area (Å²) < 4.78 is 24.9. The van der Waals surface area contributed by atoms with Crippen molar-refractivity contribution in [2.45, 2.75) is 19.5 Å². The Kier molecular flexibility index (Phi) is 2.84. The zero-order valence-electron chi connectivity index (χ0n) is 7.51. The third-order valence-corrected chi connectivity index (χ3v) is 2.94. The smallest absolute Gasteiger partial charge is 0.305 e. The summed E-state index contributed by atoms with van der Waals surface area (Å²) in [6, 6.07) is 0. The quantitative estimate of drug-likeness (QED) is 0.481. The predicted molar refractivity (Wildman–Crippen MR) is 45.7 cm³/mol. The van der Waals surface area contributed by atoms with Crippen LogP contribution in [0.1, 0.15) is 13.8 Å². The van der Waals surface area contributed by atoms with Gasteiger partial charge in [0, 0.05) is 19.3 Å². The van der Waals surface area contributed by atoms with E-state index in [1.165, 1.54) is 0 Å². The highest BCUT2D eigenvalue weighted by Crippen LogP contribution is 2.19. The van der Waals surface area contributed by atoms with Crippen LogP contribution in [-0.2, 0) is 0 Å². The topological polar surface area (TPSA) is 6.48 Å². The fourth-order valence-corrected chi connectivity index (χ4v) is 1.99. The van der Waals surface area contributed by atoms with Crippen LogP contribution in [0.5, 0.6) is 0 Å². The van der Waals surface area contributed by atoms with E-state index in [1.54, 1.807) is 11.9 Å².